The number of furan rings is 1. The molecule has 2 aromatic heterocycles. The van der Waals surface area contributed by atoms with E-state index in [0.717, 1.165) is 48.9 Å². The largest absolute Gasteiger partial charge is 0.464 e. The minimum absolute atomic E-state index is 0.830. The second-order valence-corrected chi connectivity index (χ2v) is 6.73. The first-order valence-electron chi connectivity index (χ1n) is 8.65. The molecule has 118 valence electrons. The van der Waals surface area contributed by atoms with E-state index in [4.69, 9.17) is 9.40 Å². The molecule has 4 nitrogen and oxygen atoms in total. The van der Waals surface area contributed by atoms with Crippen molar-refractivity contribution in [2.45, 2.75) is 38.3 Å². The van der Waals surface area contributed by atoms with Gasteiger partial charge in [0.15, 0.2) is 0 Å². The van der Waals surface area contributed by atoms with Gasteiger partial charge in [-0.15, -0.1) is 0 Å². The number of hydrogen-bond acceptors (Lipinski definition) is 3. The SMILES string of the molecule is c1coc(-c2ccc3c(c2)nc2n3CCN(C3CCC3)CC2)c1. The van der Waals surface area contributed by atoms with E-state index in [-0.39, 0.29) is 0 Å². The Hall–Kier alpha value is -2.07. The van der Waals surface area contributed by atoms with Crippen molar-refractivity contribution in [3.05, 3.63) is 42.4 Å². The number of benzene rings is 1. The maximum absolute atomic E-state index is 5.51. The molecule has 0 spiro atoms. The van der Waals surface area contributed by atoms with Crippen LogP contribution in [-0.4, -0.2) is 33.6 Å². The van der Waals surface area contributed by atoms with Crippen LogP contribution in [0.3, 0.4) is 0 Å². The lowest BCUT2D eigenvalue weighted by molar-refractivity contribution is 0.130. The van der Waals surface area contributed by atoms with Gasteiger partial charge in [0.25, 0.3) is 0 Å². The molecular formula is C19H21N3O. The highest BCUT2D eigenvalue weighted by Crippen LogP contribution is 2.29. The fourth-order valence-electron chi connectivity index (χ4n) is 3.92. The summed E-state index contributed by atoms with van der Waals surface area (Å²) in [5, 5.41) is 0. The molecule has 23 heavy (non-hydrogen) atoms. The molecule has 1 aromatic carbocycles. The molecule has 0 amide bonds. The van der Waals surface area contributed by atoms with Gasteiger partial charge in [-0.05, 0) is 43.2 Å². The number of aromatic nitrogens is 2. The topological polar surface area (TPSA) is 34.2 Å². The zero-order valence-electron chi connectivity index (χ0n) is 13.2. The van der Waals surface area contributed by atoms with Crippen molar-refractivity contribution in [2.24, 2.45) is 0 Å². The van der Waals surface area contributed by atoms with Gasteiger partial charge in [-0.3, -0.25) is 4.90 Å². The van der Waals surface area contributed by atoms with Gasteiger partial charge in [-0.25, -0.2) is 4.98 Å². The molecular weight excluding hydrogens is 286 g/mol. The maximum Gasteiger partial charge on any atom is 0.133 e. The molecule has 1 fully saturated rings. The van der Waals surface area contributed by atoms with Crippen LogP contribution in [0.5, 0.6) is 0 Å². The second-order valence-electron chi connectivity index (χ2n) is 6.73. The standard InChI is InChI=1S/C19H21N3O/c1-3-15(4-1)21-9-8-19-20-16-13-14(18-5-2-12-23-18)6-7-17(16)22(19)11-10-21/h2,5-7,12-13,15H,1,3-4,8-11H2. The van der Waals surface area contributed by atoms with E-state index < -0.39 is 0 Å². The van der Waals surface area contributed by atoms with Crippen LogP contribution in [0.4, 0.5) is 0 Å². The summed E-state index contributed by atoms with van der Waals surface area (Å²) in [4.78, 5) is 7.58. The highest BCUT2D eigenvalue weighted by atomic mass is 16.3. The van der Waals surface area contributed by atoms with Crippen LogP contribution in [0.25, 0.3) is 22.4 Å². The average Bonchev–Trinajstić information content (AvgIpc) is 3.11. The van der Waals surface area contributed by atoms with Crippen molar-refractivity contribution >= 4 is 11.0 Å². The van der Waals surface area contributed by atoms with Crippen LogP contribution in [-0.2, 0) is 13.0 Å². The molecule has 5 rings (SSSR count). The van der Waals surface area contributed by atoms with Crippen molar-refractivity contribution in [3.63, 3.8) is 0 Å². The first-order chi connectivity index (χ1) is 11.4. The Balaban J connectivity index is 1.48. The summed E-state index contributed by atoms with van der Waals surface area (Å²) in [7, 11) is 0. The molecule has 3 heterocycles. The van der Waals surface area contributed by atoms with E-state index in [1.807, 2.05) is 12.1 Å². The number of hydrogen-bond donors (Lipinski definition) is 0. The van der Waals surface area contributed by atoms with Gasteiger partial charge in [0.1, 0.15) is 11.6 Å². The van der Waals surface area contributed by atoms with Crippen LogP contribution < -0.4 is 0 Å². The Morgan fingerprint density at radius 1 is 1.09 bits per heavy atom. The van der Waals surface area contributed by atoms with E-state index in [9.17, 15) is 0 Å². The molecule has 0 bridgehead atoms. The van der Waals surface area contributed by atoms with Gasteiger partial charge in [-0.2, -0.15) is 0 Å². The van der Waals surface area contributed by atoms with Crippen molar-refractivity contribution in [1.29, 1.82) is 0 Å². The van der Waals surface area contributed by atoms with Crippen LogP contribution in [0, 0.1) is 0 Å². The third-order valence-electron chi connectivity index (χ3n) is 5.46. The van der Waals surface area contributed by atoms with E-state index in [2.05, 4.69) is 27.7 Å². The van der Waals surface area contributed by atoms with Crippen LogP contribution in [0.1, 0.15) is 25.1 Å². The zero-order chi connectivity index (χ0) is 15.2. The minimum atomic E-state index is 0.830. The lowest BCUT2D eigenvalue weighted by Crippen LogP contribution is -2.41. The summed E-state index contributed by atoms with van der Waals surface area (Å²) in [6.45, 7) is 3.37. The molecule has 0 saturated heterocycles. The number of rotatable bonds is 2. The molecule has 0 radical (unpaired) electrons. The van der Waals surface area contributed by atoms with Gasteiger partial charge in [0.2, 0.25) is 0 Å². The highest BCUT2D eigenvalue weighted by molar-refractivity contribution is 5.81. The summed E-state index contributed by atoms with van der Waals surface area (Å²) < 4.78 is 7.93. The lowest BCUT2D eigenvalue weighted by atomic mass is 9.91. The van der Waals surface area contributed by atoms with Crippen molar-refractivity contribution in [3.8, 4) is 11.3 Å². The number of imidazole rings is 1. The minimum Gasteiger partial charge on any atom is -0.464 e. The molecule has 0 unspecified atom stereocenters. The summed E-state index contributed by atoms with van der Waals surface area (Å²) in [5.74, 6) is 2.14. The van der Waals surface area contributed by atoms with Gasteiger partial charge in [-0.1, -0.05) is 6.42 Å². The summed E-state index contributed by atoms with van der Waals surface area (Å²) >= 11 is 0. The van der Waals surface area contributed by atoms with Gasteiger partial charge >= 0.3 is 0 Å². The van der Waals surface area contributed by atoms with Gasteiger partial charge in [0.05, 0.1) is 17.3 Å². The van der Waals surface area contributed by atoms with Crippen LogP contribution in [0.2, 0.25) is 0 Å². The Bertz CT molecular complexity index is 830. The quantitative estimate of drug-likeness (QED) is 0.724. The molecule has 1 aliphatic heterocycles. The first-order valence-corrected chi connectivity index (χ1v) is 8.65. The van der Waals surface area contributed by atoms with Crippen molar-refractivity contribution < 1.29 is 4.42 Å². The molecule has 2 aliphatic rings. The molecule has 1 aliphatic carbocycles. The monoisotopic (exact) mass is 307 g/mol. The fourth-order valence-corrected chi connectivity index (χ4v) is 3.92. The fraction of sp³-hybridized carbons (Fsp3) is 0.421. The lowest BCUT2D eigenvalue weighted by Gasteiger charge is -2.36. The third-order valence-corrected chi connectivity index (χ3v) is 5.46. The maximum atomic E-state index is 5.51. The average molecular weight is 307 g/mol. The molecule has 0 N–H and O–H groups in total. The van der Waals surface area contributed by atoms with Crippen molar-refractivity contribution in [1.82, 2.24) is 14.5 Å². The zero-order valence-corrected chi connectivity index (χ0v) is 13.2. The second kappa shape index (κ2) is 5.24. The Labute approximate surface area is 135 Å². The number of nitrogens with zero attached hydrogens (tertiary/aromatic N) is 3. The predicted octanol–water partition coefficient (Wildman–Crippen LogP) is 3.71. The first kappa shape index (κ1) is 13.4. The normalized spacial score (nSPS) is 19.5. The smallest absolute Gasteiger partial charge is 0.133 e. The molecule has 3 aromatic rings. The molecule has 4 heteroatoms. The van der Waals surface area contributed by atoms with Crippen LogP contribution in [0.15, 0.2) is 41.0 Å². The summed E-state index contributed by atoms with van der Waals surface area (Å²) in [6.07, 6.45) is 6.95. The Morgan fingerprint density at radius 3 is 2.83 bits per heavy atom. The van der Waals surface area contributed by atoms with Gasteiger partial charge in [0, 0.05) is 37.7 Å². The van der Waals surface area contributed by atoms with E-state index in [0.29, 0.717) is 0 Å². The number of fused-ring (bicyclic) bond motifs is 3. The highest BCUT2D eigenvalue weighted by Gasteiger charge is 2.27. The summed E-state index contributed by atoms with van der Waals surface area (Å²) in [5.41, 5.74) is 3.45. The molecule has 1 saturated carbocycles. The van der Waals surface area contributed by atoms with Crippen LogP contribution >= 0.6 is 0 Å². The van der Waals surface area contributed by atoms with Crippen molar-refractivity contribution in [2.75, 3.05) is 13.1 Å². The predicted molar refractivity (Wildman–Crippen MR) is 90.4 cm³/mol. The van der Waals surface area contributed by atoms with E-state index in [1.165, 1.54) is 30.6 Å². The Kier molecular flexibility index (Phi) is 3.05. The third kappa shape index (κ3) is 2.20. The van der Waals surface area contributed by atoms with E-state index >= 15 is 0 Å². The molecule has 0 atom stereocenters. The summed E-state index contributed by atoms with van der Waals surface area (Å²) in [6, 6.07) is 11.2. The van der Waals surface area contributed by atoms with E-state index in [1.54, 1.807) is 6.26 Å². The Morgan fingerprint density at radius 2 is 2.04 bits per heavy atom. The van der Waals surface area contributed by atoms with Gasteiger partial charge < -0.3 is 8.98 Å².